The molecule has 1 spiro atoms. The van der Waals surface area contributed by atoms with Gasteiger partial charge >= 0.3 is 12.1 Å². The Bertz CT molecular complexity index is 906. The van der Waals surface area contributed by atoms with Gasteiger partial charge in [0.1, 0.15) is 6.10 Å². The molecule has 0 heterocycles. The predicted molar refractivity (Wildman–Crippen MR) is 115 cm³/mol. The molecule has 1 fully saturated rings. The van der Waals surface area contributed by atoms with Crippen LogP contribution < -0.4 is 0 Å². The zero-order chi connectivity index (χ0) is 23.9. The molecule has 3 rings (SSSR count). The van der Waals surface area contributed by atoms with Crippen molar-refractivity contribution in [2.75, 3.05) is 7.11 Å². The third-order valence-corrected chi connectivity index (χ3v) is 7.57. The number of halogens is 3. The fraction of sp³-hybridized carbons (Fsp3) is 0.560. The Balaban J connectivity index is 2.01. The maximum atomic E-state index is 14.3. The van der Waals surface area contributed by atoms with Gasteiger partial charge in [-0.25, -0.2) is 4.79 Å². The first-order valence-corrected chi connectivity index (χ1v) is 10.7. The number of carbonyl (C=O) groups excluding carboxylic acids is 1. The largest absolute Gasteiger partial charge is 0.459 e. The minimum Gasteiger partial charge on any atom is -0.459 e. The summed E-state index contributed by atoms with van der Waals surface area (Å²) in [6, 6.07) is 6.79. The van der Waals surface area contributed by atoms with Gasteiger partial charge < -0.3 is 14.6 Å². The summed E-state index contributed by atoms with van der Waals surface area (Å²) in [6.45, 7) is 9.79. The van der Waals surface area contributed by atoms with Crippen LogP contribution in [-0.4, -0.2) is 36.6 Å². The molecule has 1 aromatic carbocycles. The number of alkyl halides is 3. The Morgan fingerprint density at radius 3 is 2.38 bits per heavy atom. The highest BCUT2D eigenvalue weighted by Crippen LogP contribution is 2.60. The lowest BCUT2D eigenvalue weighted by molar-refractivity contribution is -0.282. The van der Waals surface area contributed by atoms with Gasteiger partial charge in [0.15, 0.2) is 0 Å². The van der Waals surface area contributed by atoms with Gasteiger partial charge in [0.05, 0.1) is 6.10 Å². The summed E-state index contributed by atoms with van der Waals surface area (Å²) >= 11 is 0. The first-order valence-electron chi connectivity index (χ1n) is 10.7. The highest BCUT2D eigenvalue weighted by Gasteiger charge is 2.66. The van der Waals surface area contributed by atoms with Crippen molar-refractivity contribution >= 4 is 5.97 Å². The van der Waals surface area contributed by atoms with E-state index < -0.39 is 40.8 Å². The highest BCUT2D eigenvalue weighted by molar-refractivity contribution is 5.83. The van der Waals surface area contributed by atoms with Gasteiger partial charge in [0, 0.05) is 23.5 Å². The number of aliphatic hydroxyl groups excluding tert-OH is 1. The van der Waals surface area contributed by atoms with Gasteiger partial charge in [0.25, 0.3) is 5.60 Å². The molecule has 32 heavy (non-hydrogen) atoms. The number of benzene rings is 1. The molecule has 0 aromatic heterocycles. The molecule has 0 amide bonds. The van der Waals surface area contributed by atoms with E-state index in [1.807, 2.05) is 26.8 Å². The Morgan fingerprint density at radius 1 is 1.22 bits per heavy atom. The first-order chi connectivity index (χ1) is 14.8. The molecule has 176 valence electrons. The maximum absolute atomic E-state index is 14.3. The Labute approximate surface area is 187 Å². The van der Waals surface area contributed by atoms with E-state index in [4.69, 9.17) is 9.47 Å². The summed E-state index contributed by atoms with van der Waals surface area (Å²) < 4.78 is 53.4. The molecule has 4 atom stereocenters. The topological polar surface area (TPSA) is 55.8 Å². The fourth-order valence-electron chi connectivity index (χ4n) is 5.54. The van der Waals surface area contributed by atoms with Crippen molar-refractivity contribution in [3.05, 3.63) is 59.7 Å². The number of hydrogen-bond donors (Lipinski definition) is 1. The van der Waals surface area contributed by atoms with Crippen molar-refractivity contribution in [1.29, 1.82) is 0 Å². The molecule has 1 saturated carbocycles. The predicted octanol–water partition coefficient (Wildman–Crippen LogP) is 5.47. The van der Waals surface area contributed by atoms with E-state index in [2.05, 4.69) is 6.58 Å². The molecule has 0 unspecified atom stereocenters. The zero-order valence-electron chi connectivity index (χ0n) is 19.0. The van der Waals surface area contributed by atoms with Gasteiger partial charge in [0.2, 0.25) is 0 Å². The van der Waals surface area contributed by atoms with Crippen molar-refractivity contribution in [3.63, 3.8) is 0 Å². The van der Waals surface area contributed by atoms with Gasteiger partial charge in [-0.1, -0.05) is 68.0 Å². The van der Waals surface area contributed by atoms with Crippen molar-refractivity contribution < 1.29 is 32.5 Å². The SMILES string of the molecule is C=C1CC[C@@H](OC(=O)[C@@](OC)(c2ccccc2)C(F)(F)F)C(C)(C)[C@@]12CC=C(C)C[C@@H]2O. The summed E-state index contributed by atoms with van der Waals surface area (Å²) in [7, 11) is 0.857. The standard InChI is InChI=1S/C25H31F3O4/c1-16-13-14-23(19(29)15-16)17(2)11-12-20(22(23,3)4)32-21(30)24(31-5,25(26,27)28)18-9-7-6-8-10-18/h6-10,13,19-20,29H,2,11-12,14-15H2,1,3-5H3/t19-,20+,23-,24-/m0/s1. The maximum Gasteiger partial charge on any atom is 0.432 e. The molecule has 2 aliphatic rings. The normalized spacial score (nSPS) is 29.9. The fourth-order valence-corrected chi connectivity index (χ4v) is 5.54. The average molecular weight is 453 g/mol. The summed E-state index contributed by atoms with van der Waals surface area (Å²) in [6.07, 6.45) is -2.93. The van der Waals surface area contributed by atoms with Crippen LogP contribution in [0.2, 0.25) is 0 Å². The van der Waals surface area contributed by atoms with Crippen LogP contribution in [0.3, 0.4) is 0 Å². The number of allylic oxidation sites excluding steroid dienone is 1. The number of ether oxygens (including phenoxy) is 2. The zero-order valence-corrected chi connectivity index (χ0v) is 19.0. The highest BCUT2D eigenvalue weighted by atomic mass is 19.4. The number of esters is 1. The number of carbonyl (C=O) groups is 1. The van der Waals surface area contributed by atoms with E-state index in [1.165, 1.54) is 24.3 Å². The van der Waals surface area contributed by atoms with Gasteiger partial charge in [-0.15, -0.1) is 0 Å². The number of rotatable bonds is 4. The van der Waals surface area contributed by atoms with E-state index >= 15 is 0 Å². The second-order valence-electron chi connectivity index (χ2n) is 9.45. The van der Waals surface area contributed by atoms with Crippen LogP contribution in [-0.2, 0) is 19.9 Å². The molecule has 1 N–H and O–H groups in total. The van der Waals surface area contributed by atoms with Crippen LogP contribution in [0.4, 0.5) is 13.2 Å². The van der Waals surface area contributed by atoms with Crippen LogP contribution in [0.1, 0.15) is 52.0 Å². The van der Waals surface area contributed by atoms with Crippen molar-refractivity contribution in [3.8, 4) is 0 Å². The van der Waals surface area contributed by atoms with Gasteiger partial charge in [-0.3, -0.25) is 0 Å². The summed E-state index contributed by atoms with van der Waals surface area (Å²) in [5.74, 6) is -1.50. The van der Waals surface area contributed by atoms with Crippen LogP contribution in [0, 0.1) is 10.8 Å². The van der Waals surface area contributed by atoms with E-state index in [0.29, 0.717) is 25.7 Å². The second kappa shape index (κ2) is 8.34. The summed E-state index contributed by atoms with van der Waals surface area (Å²) in [5.41, 5.74) is -3.35. The first kappa shape index (κ1) is 24.5. The third kappa shape index (κ3) is 3.50. The molecule has 0 radical (unpaired) electrons. The van der Waals surface area contributed by atoms with Crippen LogP contribution in [0.5, 0.6) is 0 Å². The second-order valence-corrected chi connectivity index (χ2v) is 9.45. The Morgan fingerprint density at radius 2 is 1.84 bits per heavy atom. The van der Waals surface area contributed by atoms with E-state index in [-0.39, 0.29) is 5.56 Å². The lowest BCUT2D eigenvalue weighted by atomic mass is 9.49. The van der Waals surface area contributed by atoms with E-state index in [9.17, 15) is 23.1 Å². The molecule has 2 aliphatic carbocycles. The smallest absolute Gasteiger partial charge is 0.432 e. The Kier molecular flexibility index (Phi) is 6.39. The summed E-state index contributed by atoms with van der Waals surface area (Å²) in [5, 5.41) is 11.1. The van der Waals surface area contributed by atoms with Gasteiger partial charge in [-0.2, -0.15) is 13.2 Å². The quantitative estimate of drug-likeness (QED) is 0.487. The third-order valence-electron chi connectivity index (χ3n) is 7.57. The number of methoxy groups -OCH3 is 1. The molecule has 0 bridgehead atoms. The molecule has 0 saturated heterocycles. The lowest BCUT2D eigenvalue weighted by Crippen LogP contribution is -2.60. The molecule has 7 heteroatoms. The lowest BCUT2D eigenvalue weighted by Gasteiger charge is -2.58. The van der Waals surface area contributed by atoms with Gasteiger partial charge in [-0.05, 0) is 32.6 Å². The van der Waals surface area contributed by atoms with E-state index in [1.54, 1.807) is 6.07 Å². The van der Waals surface area contributed by atoms with E-state index in [0.717, 1.165) is 18.3 Å². The van der Waals surface area contributed by atoms with Crippen molar-refractivity contribution in [1.82, 2.24) is 0 Å². The van der Waals surface area contributed by atoms with Crippen LogP contribution in [0.25, 0.3) is 0 Å². The Hall–Kier alpha value is -2.12. The minimum atomic E-state index is -5.04. The number of hydrogen-bond acceptors (Lipinski definition) is 4. The van der Waals surface area contributed by atoms with Crippen LogP contribution in [0.15, 0.2) is 54.1 Å². The molecule has 1 aromatic rings. The summed E-state index contributed by atoms with van der Waals surface area (Å²) in [4.78, 5) is 13.2. The van der Waals surface area contributed by atoms with Crippen LogP contribution >= 0.6 is 0 Å². The molecule has 4 nitrogen and oxygen atoms in total. The molecule has 0 aliphatic heterocycles. The average Bonchev–Trinajstić information content (AvgIpc) is 2.70. The van der Waals surface area contributed by atoms with Crippen molar-refractivity contribution in [2.45, 2.75) is 70.4 Å². The molecular weight excluding hydrogens is 421 g/mol. The van der Waals surface area contributed by atoms with Crippen molar-refractivity contribution in [2.24, 2.45) is 10.8 Å². The molecular formula is C25H31F3O4. The number of aliphatic hydroxyl groups is 1. The minimum absolute atomic E-state index is 0.321. The monoisotopic (exact) mass is 452 g/mol.